The van der Waals surface area contributed by atoms with Crippen LogP contribution in [-0.2, 0) is 0 Å². The summed E-state index contributed by atoms with van der Waals surface area (Å²) in [5.74, 6) is -0.555. The quantitative estimate of drug-likeness (QED) is 0.227. The molecule has 2 heterocycles. The second kappa shape index (κ2) is 9.30. The number of hydrogen-bond acceptors (Lipinski definition) is 6. The lowest BCUT2D eigenvalue weighted by Crippen LogP contribution is -2.48. The van der Waals surface area contributed by atoms with Crippen LogP contribution in [-0.4, -0.2) is 43.7 Å². The van der Waals surface area contributed by atoms with Crippen molar-refractivity contribution in [3.05, 3.63) is 131 Å². The van der Waals surface area contributed by atoms with E-state index >= 15 is 0 Å². The van der Waals surface area contributed by atoms with Gasteiger partial charge >= 0.3 is 0 Å². The highest BCUT2D eigenvalue weighted by molar-refractivity contribution is 6.32. The maximum atomic E-state index is 14.8. The third-order valence-corrected chi connectivity index (χ3v) is 8.82. The average molecular weight is 542 g/mol. The van der Waals surface area contributed by atoms with Crippen molar-refractivity contribution >= 4 is 29.1 Å². The number of carbonyl (C=O) groups is 3. The van der Waals surface area contributed by atoms with Crippen LogP contribution in [0.3, 0.4) is 0 Å². The Morgan fingerprint density at radius 3 is 2.12 bits per heavy atom. The minimum Gasteiger partial charge on any atom is -0.497 e. The van der Waals surface area contributed by atoms with Crippen LogP contribution in [0.4, 0.5) is 5.69 Å². The van der Waals surface area contributed by atoms with E-state index in [0.717, 1.165) is 11.3 Å². The Morgan fingerprint density at radius 1 is 0.780 bits per heavy atom. The lowest BCUT2D eigenvalue weighted by atomic mass is 9.64. The van der Waals surface area contributed by atoms with E-state index < -0.39 is 23.4 Å². The van der Waals surface area contributed by atoms with Crippen molar-refractivity contribution in [3.8, 4) is 11.5 Å². The van der Waals surface area contributed by atoms with E-state index in [1.165, 1.54) is 0 Å². The van der Waals surface area contributed by atoms with E-state index in [1.54, 1.807) is 62.8 Å². The Bertz CT molecular complexity index is 1720. The summed E-state index contributed by atoms with van der Waals surface area (Å²) in [5.41, 5.74) is 2.02. The molecule has 4 aromatic carbocycles. The summed E-state index contributed by atoms with van der Waals surface area (Å²) < 4.78 is 11.3. The van der Waals surface area contributed by atoms with Gasteiger partial charge in [0.25, 0.3) is 0 Å². The van der Waals surface area contributed by atoms with Crippen LogP contribution < -0.4 is 14.4 Å². The third kappa shape index (κ3) is 3.34. The number of hydrogen-bond donors (Lipinski definition) is 0. The Kier molecular flexibility index (Phi) is 5.68. The van der Waals surface area contributed by atoms with Gasteiger partial charge in [0.15, 0.2) is 17.3 Å². The van der Waals surface area contributed by atoms with E-state index in [-0.39, 0.29) is 17.3 Å². The normalized spacial score (nSPS) is 21.4. The number of benzene rings is 4. The first-order valence-corrected chi connectivity index (χ1v) is 13.6. The first-order chi connectivity index (χ1) is 20.0. The van der Waals surface area contributed by atoms with E-state index in [9.17, 15) is 14.4 Å². The molecule has 3 aliphatic rings. The zero-order chi connectivity index (χ0) is 28.3. The summed E-state index contributed by atoms with van der Waals surface area (Å²) in [6, 6.07) is 27.6. The van der Waals surface area contributed by atoms with Crippen molar-refractivity contribution < 1.29 is 23.9 Å². The molecule has 202 valence electrons. The predicted molar refractivity (Wildman–Crippen MR) is 156 cm³/mol. The van der Waals surface area contributed by atoms with Crippen molar-refractivity contribution in [3.63, 3.8) is 0 Å². The molecule has 0 saturated carbocycles. The molecule has 0 aromatic heterocycles. The smallest absolute Gasteiger partial charge is 0.185 e. The molecule has 4 aromatic rings. The number of para-hydroxylation sites is 1. The Balaban J connectivity index is 1.57. The van der Waals surface area contributed by atoms with Crippen molar-refractivity contribution in [2.24, 2.45) is 5.41 Å². The minimum absolute atomic E-state index is 0.169. The van der Waals surface area contributed by atoms with Gasteiger partial charge in [-0.05, 0) is 17.7 Å². The maximum absolute atomic E-state index is 14.8. The fourth-order valence-electron chi connectivity index (χ4n) is 7.11. The second-order valence-electron chi connectivity index (χ2n) is 10.6. The number of fused-ring (bicyclic) bond motifs is 5. The number of rotatable bonds is 5. The maximum Gasteiger partial charge on any atom is 0.185 e. The molecular formula is C35H27NO5. The predicted octanol–water partition coefficient (Wildman–Crippen LogP) is 6.02. The molecule has 2 aliphatic heterocycles. The molecule has 0 amide bonds. The summed E-state index contributed by atoms with van der Waals surface area (Å²) >= 11 is 0. The molecule has 3 atom stereocenters. The third-order valence-electron chi connectivity index (χ3n) is 8.82. The molecular weight excluding hydrogens is 514 g/mol. The van der Waals surface area contributed by atoms with Crippen molar-refractivity contribution in [1.82, 2.24) is 0 Å². The van der Waals surface area contributed by atoms with Crippen molar-refractivity contribution in [1.29, 1.82) is 0 Å². The Labute approximate surface area is 237 Å². The monoisotopic (exact) mass is 541 g/mol. The standard InChI is InChI=1S/C35H27NO5/c1-40-23-17-18-26(28(20-23)41-2)30-31(32(37)22-11-4-3-5-12-22)36-27-15-9-6-10-21(27)16-19-29(36)35(30)33(38)24-13-7-8-14-25(24)34(35)39/h3-20,29-31H,1-2H3. The molecule has 41 heavy (non-hydrogen) atoms. The lowest BCUT2D eigenvalue weighted by molar-refractivity contribution is 0.0665. The van der Waals surface area contributed by atoms with E-state index in [1.807, 2.05) is 65.6 Å². The molecule has 6 nitrogen and oxygen atoms in total. The summed E-state index contributed by atoms with van der Waals surface area (Å²) in [7, 11) is 3.11. The molecule has 1 aliphatic carbocycles. The summed E-state index contributed by atoms with van der Waals surface area (Å²) in [5, 5.41) is 0. The first kappa shape index (κ1) is 25.0. The van der Waals surface area contributed by atoms with Gasteiger partial charge in [0.05, 0.1) is 20.3 Å². The zero-order valence-electron chi connectivity index (χ0n) is 22.6. The highest BCUT2D eigenvalue weighted by Crippen LogP contribution is 2.62. The van der Waals surface area contributed by atoms with Gasteiger partial charge in [-0.3, -0.25) is 14.4 Å². The molecule has 3 unspecified atom stereocenters. The number of ketones is 3. The van der Waals surface area contributed by atoms with Gasteiger partial charge in [0.2, 0.25) is 0 Å². The number of ether oxygens (including phenoxy) is 2. The van der Waals surface area contributed by atoms with Gasteiger partial charge in [0.1, 0.15) is 23.0 Å². The van der Waals surface area contributed by atoms with Crippen LogP contribution in [0.2, 0.25) is 0 Å². The van der Waals surface area contributed by atoms with Gasteiger partial charge in [0, 0.05) is 39.9 Å². The molecule has 1 fully saturated rings. The van der Waals surface area contributed by atoms with Crippen molar-refractivity contribution in [2.45, 2.75) is 18.0 Å². The molecule has 0 bridgehead atoms. The Morgan fingerprint density at radius 2 is 1.44 bits per heavy atom. The summed E-state index contributed by atoms with van der Waals surface area (Å²) in [6.07, 6.45) is 3.88. The fraction of sp³-hybridized carbons (Fsp3) is 0.171. The number of Topliss-reactive ketones (excluding diaryl/α,β-unsaturated/α-hetero) is 3. The molecule has 6 heteroatoms. The molecule has 1 saturated heterocycles. The topological polar surface area (TPSA) is 72.9 Å². The van der Waals surface area contributed by atoms with Crippen LogP contribution in [0.5, 0.6) is 11.5 Å². The lowest BCUT2D eigenvalue weighted by Gasteiger charge is -2.37. The minimum atomic E-state index is -1.59. The van der Waals surface area contributed by atoms with Gasteiger partial charge in [-0.25, -0.2) is 0 Å². The highest BCUT2D eigenvalue weighted by atomic mass is 16.5. The summed E-state index contributed by atoms with van der Waals surface area (Å²) in [6.45, 7) is 0. The molecule has 1 spiro atoms. The largest absolute Gasteiger partial charge is 0.497 e. The van der Waals surface area contributed by atoms with Crippen LogP contribution in [0.15, 0.2) is 103 Å². The molecule has 7 rings (SSSR count). The van der Waals surface area contributed by atoms with Crippen molar-refractivity contribution in [2.75, 3.05) is 19.1 Å². The van der Waals surface area contributed by atoms with E-state index in [2.05, 4.69) is 0 Å². The number of carbonyl (C=O) groups excluding carboxylic acids is 3. The number of methoxy groups -OCH3 is 2. The zero-order valence-corrected chi connectivity index (χ0v) is 22.6. The van der Waals surface area contributed by atoms with Crippen LogP contribution in [0.25, 0.3) is 6.08 Å². The first-order valence-electron chi connectivity index (χ1n) is 13.6. The summed E-state index contributed by atoms with van der Waals surface area (Å²) in [4.78, 5) is 46.2. The van der Waals surface area contributed by atoms with Gasteiger partial charge in [-0.2, -0.15) is 0 Å². The van der Waals surface area contributed by atoms with E-state index in [0.29, 0.717) is 33.8 Å². The van der Waals surface area contributed by atoms with Crippen LogP contribution in [0.1, 0.15) is 48.1 Å². The second-order valence-corrected chi connectivity index (χ2v) is 10.6. The van der Waals surface area contributed by atoms with E-state index in [4.69, 9.17) is 9.47 Å². The SMILES string of the molecule is COc1ccc(C2C(C(=O)c3ccccc3)N3c4ccccc4C=CC3C23C(=O)c2ccccc2C3=O)c(OC)c1. The van der Waals surface area contributed by atoms with Crippen LogP contribution >= 0.6 is 0 Å². The molecule has 0 N–H and O–H groups in total. The number of anilines is 1. The highest BCUT2D eigenvalue weighted by Gasteiger charge is 2.71. The van der Waals surface area contributed by atoms with Gasteiger partial charge in [-0.1, -0.05) is 91.0 Å². The van der Waals surface area contributed by atoms with Crippen LogP contribution in [0, 0.1) is 5.41 Å². The van der Waals surface area contributed by atoms with Gasteiger partial charge < -0.3 is 14.4 Å². The van der Waals surface area contributed by atoms with Gasteiger partial charge in [-0.15, -0.1) is 0 Å². The number of nitrogens with zero attached hydrogens (tertiary/aromatic N) is 1. The average Bonchev–Trinajstić information content (AvgIpc) is 3.46. The fourth-order valence-corrected chi connectivity index (χ4v) is 7.11. The Hall–Kier alpha value is -4.97. The molecule has 0 radical (unpaired) electrons.